The second kappa shape index (κ2) is 6.80. The van der Waals surface area contributed by atoms with Crippen LogP contribution in [0.1, 0.15) is 10.4 Å². The highest BCUT2D eigenvalue weighted by Gasteiger charge is 2.12. The number of hydrogen-bond donors (Lipinski definition) is 2. The Bertz CT molecular complexity index is 295. The third kappa shape index (κ3) is 4.37. The van der Waals surface area contributed by atoms with Gasteiger partial charge in [0.05, 0.1) is 0 Å². The van der Waals surface area contributed by atoms with Gasteiger partial charge in [-0.2, -0.15) is 0 Å². The van der Waals surface area contributed by atoms with Crippen LogP contribution in [0.4, 0.5) is 0 Å². The quantitative estimate of drug-likeness (QED) is 0.541. The molecule has 0 spiro atoms. The minimum Gasteiger partial charge on any atom is -0.475 e. The third-order valence-corrected chi connectivity index (χ3v) is 1.23. The summed E-state index contributed by atoms with van der Waals surface area (Å²) in [7, 11) is 3.75. The fraction of sp³-hybridized carbons (Fsp3) is 0.200. The van der Waals surface area contributed by atoms with E-state index in [-0.39, 0.29) is 5.56 Å². The van der Waals surface area contributed by atoms with Crippen LogP contribution in [0.15, 0.2) is 30.3 Å². The molecule has 0 saturated carbocycles. The van der Waals surface area contributed by atoms with Gasteiger partial charge in [-0.15, -0.1) is 0 Å². The number of carboxylic acid groups (broad SMARTS) is 1. The second-order valence-corrected chi connectivity index (χ2v) is 2.50. The van der Waals surface area contributed by atoms with Gasteiger partial charge in [-0.05, 0) is 14.1 Å². The van der Waals surface area contributed by atoms with E-state index >= 15 is 0 Å². The number of aliphatic carboxylic acids is 1. The maximum atomic E-state index is 10.7. The molecule has 4 heteroatoms. The summed E-state index contributed by atoms with van der Waals surface area (Å²) in [4.78, 5) is 20.9. The van der Waals surface area contributed by atoms with E-state index in [0.29, 0.717) is 0 Å². The third-order valence-electron chi connectivity index (χ3n) is 1.23. The highest BCUT2D eigenvalue weighted by Crippen LogP contribution is 1.98. The van der Waals surface area contributed by atoms with Gasteiger partial charge in [0.1, 0.15) is 0 Å². The molecule has 0 radical (unpaired) electrons. The van der Waals surface area contributed by atoms with E-state index in [1.807, 2.05) is 14.1 Å². The van der Waals surface area contributed by atoms with Crippen LogP contribution in [0.3, 0.4) is 0 Å². The fourth-order valence-electron chi connectivity index (χ4n) is 0.713. The van der Waals surface area contributed by atoms with Crippen LogP contribution >= 0.6 is 0 Å². The number of hydrogen-bond acceptors (Lipinski definition) is 3. The van der Waals surface area contributed by atoms with Crippen molar-refractivity contribution in [1.82, 2.24) is 5.32 Å². The Morgan fingerprint density at radius 3 is 1.93 bits per heavy atom. The van der Waals surface area contributed by atoms with Crippen molar-refractivity contribution in [2.75, 3.05) is 14.1 Å². The first kappa shape index (κ1) is 12.3. The van der Waals surface area contributed by atoms with Gasteiger partial charge in [0.2, 0.25) is 0 Å². The lowest BCUT2D eigenvalue weighted by Crippen LogP contribution is -2.12. The van der Waals surface area contributed by atoms with Crippen LogP contribution in [-0.2, 0) is 4.79 Å². The summed E-state index contributed by atoms with van der Waals surface area (Å²) in [6, 6.07) is 7.90. The molecule has 76 valence electrons. The Labute approximate surface area is 82.6 Å². The van der Waals surface area contributed by atoms with Crippen LogP contribution in [0, 0.1) is 0 Å². The summed E-state index contributed by atoms with van der Waals surface area (Å²) in [5.74, 6) is -2.29. The number of carboxylic acids is 1. The average Bonchev–Trinajstić information content (AvgIpc) is 2.19. The zero-order valence-corrected chi connectivity index (χ0v) is 8.15. The largest absolute Gasteiger partial charge is 0.475 e. The zero-order chi connectivity index (χ0) is 11.0. The number of carbonyl (C=O) groups is 2. The van der Waals surface area contributed by atoms with E-state index in [2.05, 4.69) is 5.32 Å². The van der Waals surface area contributed by atoms with Crippen LogP contribution in [0.2, 0.25) is 0 Å². The SMILES string of the molecule is CNC.O=C(O)C(=O)c1ccccc1. The van der Waals surface area contributed by atoms with Crippen LogP contribution in [-0.4, -0.2) is 31.0 Å². The van der Waals surface area contributed by atoms with Crippen molar-refractivity contribution in [3.63, 3.8) is 0 Å². The molecule has 0 aliphatic heterocycles. The lowest BCUT2D eigenvalue weighted by atomic mass is 10.1. The number of Topliss-reactive ketones (excluding diaryl/α,β-unsaturated/α-hetero) is 1. The van der Waals surface area contributed by atoms with E-state index in [4.69, 9.17) is 5.11 Å². The van der Waals surface area contributed by atoms with Crippen molar-refractivity contribution < 1.29 is 14.7 Å². The Balaban J connectivity index is 0.000000500. The molecule has 0 fully saturated rings. The van der Waals surface area contributed by atoms with Gasteiger partial charge in [-0.3, -0.25) is 4.79 Å². The Morgan fingerprint density at radius 2 is 1.57 bits per heavy atom. The summed E-state index contributed by atoms with van der Waals surface area (Å²) in [6.07, 6.45) is 0. The van der Waals surface area contributed by atoms with E-state index in [1.54, 1.807) is 18.2 Å². The molecule has 1 aromatic carbocycles. The normalized spacial score (nSPS) is 8.43. The van der Waals surface area contributed by atoms with Gasteiger partial charge >= 0.3 is 5.97 Å². The number of rotatable bonds is 2. The molecule has 2 N–H and O–H groups in total. The molecule has 14 heavy (non-hydrogen) atoms. The van der Waals surface area contributed by atoms with Crippen molar-refractivity contribution in [2.24, 2.45) is 0 Å². The Hall–Kier alpha value is -1.68. The van der Waals surface area contributed by atoms with Gasteiger partial charge in [0.15, 0.2) is 0 Å². The lowest BCUT2D eigenvalue weighted by Gasteiger charge is -1.91. The van der Waals surface area contributed by atoms with Gasteiger partial charge < -0.3 is 10.4 Å². The smallest absolute Gasteiger partial charge is 0.377 e. The van der Waals surface area contributed by atoms with Gasteiger partial charge in [-0.25, -0.2) is 4.79 Å². The average molecular weight is 195 g/mol. The van der Waals surface area contributed by atoms with Crippen molar-refractivity contribution in [3.8, 4) is 0 Å². The van der Waals surface area contributed by atoms with E-state index in [1.165, 1.54) is 12.1 Å². The molecule has 0 saturated heterocycles. The standard InChI is InChI=1S/C8H6O3.C2H7N/c9-7(8(10)11)6-4-2-1-3-5-6;1-3-2/h1-5H,(H,10,11);3H,1-2H3. The topological polar surface area (TPSA) is 66.4 Å². The van der Waals surface area contributed by atoms with Crippen molar-refractivity contribution in [3.05, 3.63) is 35.9 Å². The molecule has 0 aromatic heterocycles. The van der Waals surface area contributed by atoms with Gasteiger partial charge in [0, 0.05) is 5.56 Å². The molecule has 0 amide bonds. The minimum atomic E-state index is -1.42. The number of ketones is 1. The van der Waals surface area contributed by atoms with Crippen molar-refractivity contribution in [1.29, 1.82) is 0 Å². The molecular weight excluding hydrogens is 182 g/mol. The predicted octanol–water partition coefficient (Wildman–Crippen LogP) is 0.789. The molecule has 1 rings (SSSR count). The zero-order valence-electron chi connectivity index (χ0n) is 8.15. The lowest BCUT2D eigenvalue weighted by molar-refractivity contribution is -0.131. The number of benzene rings is 1. The monoisotopic (exact) mass is 195 g/mol. The van der Waals surface area contributed by atoms with Crippen LogP contribution < -0.4 is 5.32 Å². The molecule has 0 unspecified atom stereocenters. The molecule has 0 heterocycles. The second-order valence-electron chi connectivity index (χ2n) is 2.50. The highest BCUT2D eigenvalue weighted by atomic mass is 16.4. The molecular formula is C10H13NO3. The first-order valence-corrected chi connectivity index (χ1v) is 4.04. The van der Waals surface area contributed by atoms with E-state index in [0.717, 1.165) is 0 Å². The summed E-state index contributed by atoms with van der Waals surface area (Å²) in [5.41, 5.74) is 0.208. The predicted molar refractivity (Wildman–Crippen MR) is 53.4 cm³/mol. The van der Waals surface area contributed by atoms with Gasteiger partial charge in [-0.1, -0.05) is 30.3 Å². The number of nitrogens with one attached hydrogen (secondary N) is 1. The maximum absolute atomic E-state index is 10.7. The first-order valence-electron chi connectivity index (χ1n) is 4.04. The Kier molecular flexibility index (Phi) is 5.98. The number of carbonyl (C=O) groups excluding carboxylic acids is 1. The highest BCUT2D eigenvalue weighted by molar-refractivity contribution is 6.39. The maximum Gasteiger partial charge on any atom is 0.377 e. The molecule has 0 aliphatic rings. The Morgan fingerprint density at radius 1 is 1.14 bits per heavy atom. The minimum absolute atomic E-state index is 0.208. The van der Waals surface area contributed by atoms with Crippen LogP contribution in [0.5, 0.6) is 0 Å². The first-order chi connectivity index (χ1) is 6.63. The van der Waals surface area contributed by atoms with E-state index < -0.39 is 11.8 Å². The molecule has 0 atom stereocenters. The summed E-state index contributed by atoms with van der Waals surface area (Å²) in [6.45, 7) is 0. The summed E-state index contributed by atoms with van der Waals surface area (Å²) in [5, 5.41) is 11.0. The summed E-state index contributed by atoms with van der Waals surface area (Å²) < 4.78 is 0. The van der Waals surface area contributed by atoms with Crippen molar-refractivity contribution >= 4 is 11.8 Å². The molecule has 0 aliphatic carbocycles. The van der Waals surface area contributed by atoms with Crippen LogP contribution in [0.25, 0.3) is 0 Å². The molecule has 1 aromatic rings. The van der Waals surface area contributed by atoms with E-state index in [9.17, 15) is 9.59 Å². The molecule has 0 bridgehead atoms. The fourth-order valence-corrected chi connectivity index (χ4v) is 0.713. The van der Waals surface area contributed by atoms with Gasteiger partial charge in [0.25, 0.3) is 5.78 Å². The summed E-state index contributed by atoms with van der Waals surface area (Å²) >= 11 is 0. The molecule has 4 nitrogen and oxygen atoms in total. The van der Waals surface area contributed by atoms with Crippen molar-refractivity contribution in [2.45, 2.75) is 0 Å².